The predicted molar refractivity (Wildman–Crippen MR) is 74.0 cm³/mol. The molecule has 0 aromatic heterocycles. The summed E-state index contributed by atoms with van der Waals surface area (Å²) in [6.45, 7) is 0.412. The van der Waals surface area contributed by atoms with Crippen LogP contribution in [0.15, 0.2) is 48.6 Å². The number of allylic oxidation sites excluding steroid dienone is 2. The van der Waals surface area contributed by atoms with Crippen molar-refractivity contribution in [1.82, 2.24) is 4.90 Å². The number of ketones is 1. The lowest BCUT2D eigenvalue weighted by Crippen LogP contribution is -2.44. The minimum Gasteiger partial charge on any atom is -0.338 e. The van der Waals surface area contributed by atoms with Gasteiger partial charge in [0.25, 0.3) is 5.91 Å². The third-order valence-electron chi connectivity index (χ3n) is 3.38. The van der Waals surface area contributed by atoms with Crippen LogP contribution < -0.4 is 0 Å². The maximum atomic E-state index is 12.0. The van der Waals surface area contributed by atoms with Gasteiger partial charge >= 0.3 is 0 Å². The fourth-order valence-corrected chi connectivity index (χ4v) is 2.43. The maximum absolute atomic E-state index is 12.0. The van der Waals surface area contributed by atoms with E-state index in [1.807, 2.05) is 12.1 Å². The molecule has 1 fully saturated rings. The van der Waals surface area contributed by atoms with Crippen LogP contribution in [-0.4, -0.2) is 28.9 Å². The van der Waals surface area contributed by atoms with E-state index in [-0.39, 0.29) is 18.3 Å². The Morgan fingerprint density at radius 2 is 1.80 bits per heavy atom. The molecule has 0 radical (unpaired) electrons. The van der Waals surface area contributed by atoms with Gasteiger partial charge in [-0.2, -0.15) is 0 Å². The van der Waals surface area contributed by atoms with E-state index in [1.54, 1.807) is 29.2 Å². The number of rotatable bonds is 2. The number of ether oxygens (including phenoxy) is 1. The number of hydrogen-bond donors (Lipinski definition) is 0. The zero-order chi connectivity index (χ0) is 14.2. The van der Waals surface area contributed by atoms with Gasteiger partial charge < -0.3 is 9.64 Å². The Balaban J connectivity index is 1.88. The molecule has 1 heterocycles. The van der Waals surface area contributed by atoms with E-state index < -0.39 is 5.72 Å². The molecule has 1 aromatic carbocycles. The van der Waals surface area contributed by atoms with Gasteiger partial charge in [-0.25, -0.2) is 0 Å². The van der Waals surface area contributed by atoms with Crippen LogP contribution in [0, 0.1) is 0 Å². The molecule has 1 amide bonds. The summed E-state index contributed by atoms with van der Waals surface area (Å²) in [5, 5.41) is 0.649. The van der Waals surface area contributed by atoms with E-state index in [2.05, 4.69) is 0 Å². The van der Waals surface area contributed by atoms with Gasteiger partial charge in [-0.05, 0) is 42.0 Å². The minimum absolute atomic E-state index is 0.0104. The van der Waals surface area contributed by atoms with E-state index in [0.29, 0.717) is 11.6 Å². The number of nitrogens with zero attached hydrogens (tertiary/aromatic N) is 1. The van der Waals surface area contributed by atoms with Gasteiger partial charge in [-0.3, -0.25) is 9.59 Å². The van der Waals surface area contributed by atoms with Gasteiger partial charge in [-0.15, -0.1) is 0 Å². The second kappa shape index (κ2) is 4.89. The van der Waals surface area contributed by atoms with E-state index in [1.165, 1.54) is 12.2 Å². The quantitative estimate of drug-likeness (QED) is 0.837. The fourth-order valence-electron chi connectivity index (χ4n) is 2.30. The lowest BCUT2D eigenvalue weighted by molar-refractivity contribution is -0.129. The number of carbonyl (C=O) groups excluding carboxylic acids is 2. The molecule has 1 saturated heterocycles. The van der Waals surface area contributed by atoms with Crippen LogP contribution in [0.5, 0.6) is 0 Å². The molecule has 1 aliphatic carbocycles. The molecular formula is C15H12ClNO3. The highest BCUT2D eigenvalue weighted by molar-refractivity contribution is 6.30. The summed E-state index contributed by atoms with van der Waals surface area (Å²) in [5.74, 6) is -0.214. The van der Waals surface area contributed by atoms with Crippen LogP contribution in [0.25, 0.3) is 0 Å². The molecule has 3 rings (SSSR count). The molecule has 0 saturated carbocycles. The lowest BCUT2D eigenvalue weighted by atomic mass is 10.0. The molecule has 0 bridgehead atoms. The smallest absolute Gasteiger partial charge is 0.251 e. The molecule has 5 heteroatoms. The highest BCUT2D eigenvalue weighted by Gasteiger charge is 2.44. The topological polar surface area (TPSA) is 46.6 Å². The second-order valence-electron chi connectivity index (χ2n) is 4.72. The third-order valence-corrected chi connectivity index (χ3v) is 3.63. The van der Waals surface area contributed by atoms with Crippen LogP contribution >= 0.6 is 11.6 Å². The van der Waals surface area contributed by atoms with Gasteiger partial charge in [0.1, 0.15) is 6.61 Å². The summed E-state index contributed by atoms with van der Waals surface area (Å²) < 4.78 is 5.58. The molecule has 1 spiro atoms. The lowest BCUT2D eigenvalue weighted by Gasteiger charge is -2.33. The maximum Gasteiger partial charge on any atom is 0.251 e. The Kier molecular flexibility index (Phi) is 3.20. The van der Waals surface area contributed by atoms with Crippen molar-refractivity contribution >= 4 is 23.3 Å². The molecule has 2 aliphatic rings. The zero-order valence-electron chi connectivity index (χ0n) is 10.6. The minimum atomic E-state index is -0.940. The van der Waals surface area contributed by atoms with Crippen molar-refractivity contribution in [2.24, 2.45) is 0 Å². The van der Waals surface area contributed by atoms with Crippen molar-refractivity contribution in [3.63, 3.8) is 0 Å². The number of carbonyl (C=O) groups is 2. The van der Waals surface area contributed by atoms with Crippen molar-refractivity contribution in [2.75, 3.05) is 6.61 Å². The molecule has 1 aliphatic heterocycles. The summed E-state index contributed by atoms with van der Waals surface area (Å²) in [7, 11) is 0. The van der Waals surface area contributed by atoms with Gasteiger partial charge in [0.15, 0.2) is 11.5 Å². The van der Waals surface area contributed by atoms with Crippen molar-refractivity contribution in [2.45, 2.75) is 12.3 Å². The molecule has 4 nitrogen and oxygen atoms in total. The summed E-state index contributed by atoms with van der Waals surface area (Å²) in [6.07, 6.45) is 6.09. The Morgan fingerprint density at radius 1 is 1.15 bits per heavy atom. The van der Waals surface area contributed by atoms with E-state index in [4.69, 9.17) is 16.3 Å². The average Bonchev–Trinajstić information content (AvgIpc) is 2.74. The summed E-state index contributed by atoms with van der Waals surface area (Å²) >= 11 is 5.85. The number of halogens is 1. The first-order valence-electron chi connectivity index (χ1n) is 6.20. The number of amides is 1. The highest BCUT2D eigenvalue weighted by atomic mass is 35.5. The molecule has 20 heavy (non-hydrogen) atoms. The third kappa shape index (κ3) is 2.28. The molecule has 102 valence electrons. The van der Waals surface area contributed by atoms with Crippen LogP contribution in [0.3, 0.4) is 0 Å². The van der Waals surface area contributed by atoms with E-state index in [9.17, 15) is 9.59 Å². The van der Waals surface area contributed by atoms with Gasteiger partial charge in [0.05, 0.1) is 0 Å². The first-order valence-corrected chi connectivity index (χ1v) is 6.58. The van der Waals surface area contributed by atoms with Crippen LogP contribution in [0.4, 0.5) is 0 Å². The first kappa shape index (κ1) is 13.1. The Labute approximate surface area is 121 Å². The normalized spacial score (nSPS) is 20.1. The predicted octanol–water partition coefficient (Wildman–Crippen LogP) is 2.09. The zero-order valence-corrected chi connectivity index (χ0v) is 11.3. The summed E-state index contributed by atoms with van der Waals surface area (Å²) in [5.41, 5.74) is 0.0104. The Morgan fingerprint density at radius 3 is 2.45 bits per heavy atom. The van der Waals surface area contributed by atoms with E-state index >= 15 is 0 Å². The van der Waals surface area contributed by atoms with Crippen LogP contribution in [0.1, 0.15) is 5.56 Å². The van der Waals surface area contributed by atoms with Gasteiger partial charge in [-0.1, -0.05) is 23.7 Å². The Hall–Kier alpha value is -1.91. The highest BCUT2D eigenvalue weighted by Crippen LogP contribution is 2.31. The number of hydrogen-bond acceptors (Lipinski definition) is 3. The first-order chi connectivity index (χ1) is 9.59. The molecule has 0 unspecified atom stereocenters. The average molecular weight is 290 g/mol. The van der Waals surface area contributed by atoms with Gasteiger partial charge in [0.2, 0.25) is 0 Å². The standard InChI is InChI=1S/C15H12ClNO3/c16-12-3-1-11(2-4-12)9-17-14(19)10-20-15(17)7-5-13(18)6-8-15/h1-8H,9-10H2. The van der Waals surface area contributed by atoms with Gasteiger partial charge in [0, 0.05) is 11.6 Å². The van der Waals surface area contributed by atoms with Crippen molar-refractivity contribution in [3.8, 4) is 0 Å². The Bertz CT molecular complexity index is 603. The van der Waals surface area contributed by atoms with Crippen LogP contribution in [-0.2, 0) is 20.9 Å². The molecule has 0 N–H and O–H groups in total. The molecule has 0 atom stereocenters. The molecule has 1 aromatic rings. The summed E-state index contributed by atoms with van der Waals surface area (Å²) in [6, 6.07) is 7.29. The summed E-state index contributed by atoms with van der Waals surface area (Å²) in [4.78, 5) is 24.9. The monoisotopic (exact) mass is 289 g/mol. The van der Waals surface area contributed by atoms with Crippen LogP contribution in [0.2, 0.25) is 5.02 Å². The largest absolute Gasteiger partial charge is 0.338 e. The van der Waals surface area contributed by atoms with Crippen molar-refractivity contribution < 1.29 is 14.3 Å². The van der Waals surface area contributed by atoms with Crippen molar-refractivity contribution in [1.29, 1.82) is 0 Å². The van der Waals surface area contributed by atoms with Crippen molar-refractivity contribution in [3.05, 3.63) is 59.2 Å². The number of benzene rings is 1. The fraction of sp³-hybridized carbons (Fsp3) is 0.200. The second-order valence-corrected chi connectivity index (χ2v) is 5.15. The van der Waals surface area contributed by atoms with E-state index in [0.717, 1.165) is 5.56 Å². The molecular weight excluding hydrogens is 278 g/mol. The SMILES string of the molecule is O=C1C=CC2(C=C1)OCC(=O)N2Cc1ccc(Cl)cc1.